The molecule has 0 saturated carbocycles. The fraction of sp³-hybridized carbons (Fsp3) is 0.333. The maximum absolute atomic E-state index is 6.21. The summed E-state index contributed by atoms with van der Waals surface area (Å²) in [6.45, 7) is 6.41. The first-order valence-electron chi connectivity index (χ1n) is 6.78. The average molecular weight is 340 g/mol. The van der Waals surface area contributed by atoms with Gasteiger partial charge in [0.1, 0.15) is 0 Å². The molecular formula is C15H18ClN3O2S. The SMILES string of the molecule is CCOc1c(Cl)cc(/C=N\Nc2nc(C)c(C)s2)cc1OC. The zero-order valence-corrected chi connectivity index (χ0v) is 14.5. The van der Waals surface area contributed by atoms with Crippen LogP contribution in [0.2, 0.25) is 5.02 Å². The van der Waals surface area contributed by atoms with E-state index in [1.54, 1.807) is 30.7 Å². The van der Waals surface area contributed by atoms with Gasteiger partial charge in [-0.25, -0.2) is 4.98 Å². The number of nitrogens with zero attached hydrogens (tertiary/aromatic N) is 2. The van der Waals surface area contributed by atoms with Crippen LogP contribution in [-0.2, 0) is 0 Å². The second-order valence-corrected chi connectivity index (χ2v) is 6.11. The van der Waals surface area contributed by atoms with Crippen molar-refractivity contribution in [2.45, 2.75) is 20.8 Å². The highest BCUT2D eigenvalue weighted by molar-refractivity contribution is 7.15. The van der Waals surface area contributed by atoms with Crippen LogP contribution >= 0.6 is 22.9 Å². The Morgan fingerprint density at radius 2 is 2.18 bits per heavy atom. The summed E-state index contributed by atoms with van der Waals surface area (Å²) in [5.41, 5.74) is 4.73. The number of halogens is 1. The van der Waals surface area contributed by atoms with Gasteiger partial charge in [-0.05, 0) is 38.5 Å². The van der Waals surface area contributed by atoms with Gasteiger partial charge in [0.05, 0.1) is 30.6 Å². The zero-order chi connectivity index (χ0) is 16.1. The van der Waals surface area contributed by atoms with Gasteiger partial charge >= 0.3 is 0 Å². The summed E-state index contributed by atoms with van der Waals surface area (Å²) in [5.74, 6) is 1.12. The fourth-order valence-corrected chi connectivity index (χ4v) is 2.82. The van der Waals surface area contributed by atoms with Crippen LogP contribution in [0.15, 0.2) is 17.2 Å². The number of nitrogens with one attached hydrogen (secondary N) is 1. The molecule has 0 fully saturated rings. The molecule has 1 aromatic carbocycles. The van der Waals surface area contributed by atoms with Crippen LogP contribution in [0.3, 0.4) is 0 Å². The zero-order valence-electron chi connectivity index (χ0n) is 12.9. The highest BCUT2D eigenvalue weighted by Gasteiger charge is 2.10. The van der Waals surface area contributed by atoms with E-state index < -0.39 is 0 Å². The summed E-state index contributed by atoms with van der Waals surface area (Å²) in [6.07, 6.45) is 1.66. The summed E-state index contributed by atoms with van der Waals surface area (Å²) in [6, 6.07) is 3.60. The molecule has 1 N–H and O–H groups in total. The van der Waals surface area contributed by atoms with Gasteiger partial charge in [-0.15, -0.1) is 11.3 Å². The largest absolute Gasteiger partial charge is 0.493 e. The number of aryl methyl sites for hydroxylation is 2. The van der Waals surface area contributed by atoms with Gasteiger partial charge in [0.2, 0.25) is 5.13 Å². The van der Waals surface area contributed by atoms with E-state index in [1.165, 1.54) is 4.88 Å². The highest BCUT2D eigenvalue weighted by Crippen LogP contribution is 2.36. The maximum Gasteiger partial charge on any atom is 0.203 e. The molecule has 0 radical (unpaired) electrons. The van der Waals surface area contributed by atoms with Crippen molar-refractivity contribution in [3.05, 3.63) is 33.3 Å². The lowest BCUT2D eigenvalue weighted by atomic mass is 10.2. The van der Waals surface area contributed by atoms with Gasteiger partial charge in [0.15, 0.2) is 11.5 Å². The van der Waals surface area contributed by atoms with Crippen molar-refractivity contribution >= 4 is 34.3 Å². The van der Waals surface area contributed by atoms with E-state index in [0.29, 0.717) is 23.1 Å². The number of methoxy groups -OCH3 is 1. The number of rotatable bonds is 6. The number of aromatic nitrogens is 1. The Bertz CT molecular complexity index is 666. The van der Waals surface area contributed by atoms with E-state index in [1.807, 2.05) is 26.8 Å². The predicted molar refractivity (Wildman–Crippen MR) is 92.0 cm³/mol. The van der Waals surface area contributed by atoms with E-state index in [-0.39, 0.29) is 0 Å². The van der Waals surface area contributed by atoms with E-state index in [2.05, 4.69) is 15.5 Å². The van der Waals surface area contributed by atoms with Gasteiger partial charge in [-0.1, -0.05) is 11.6 Å². The number of anilines is 1. The number of benzene rings is 1. The van der Waals surface area contributed by atoms with E-state index in [9.17, 15) is 0 Å². The lowest BCUT2D eigenvalue weighted by molar-refractivity contribution is 0.311. The smallest absolute Gasteiger partial charge is 0.203 e. The van der Waals surface area contributed by atoms with Gasteiger partial charge < -0.3 is 9.47 Å². The molecule has 22 heavy (non-hydrogen) atoms. The molecule has 2 rings (SSSR count). The Kier molecular flexibility index (Phi) is 5.63. The molecule has 0 aliphatic carbocycles. The topological polar surface area (TPSA) is 55.7 Å². The molecule has 5 nitrogen and oxygen atoms in total. The third-order valence-electron chi connectivity index (χ3n) is 2.94. The lowest BCUT2D eigenvalue weighted by Crippen LogP contribution is -1.98. The molecule has 0 aliphatic rings. The molecule has 0 spiro atoms. The van der Waals surface area contributed by atoms with Crippen molar-refractivity contribution < 1.29 is 9.47 Å². The molecule has 0 aliphatic heterocycles. The van der Waals surface area contributed by atoms with Crippen molar-refractivity contribution in [3.8, 4) is 11.5 Å². The minimum absolute atomic E-state index is 0.489. The molecule has 2 aromatic rings. The predicted octanol–water partition coefficient (Wildman–Crippen LogP) is 4.27. The molecule has 1 aromatic heterocycles. The molecule has 0 bridgehead atoms. The quantitative estimate of drug-likeness (QED) is 0.631. The second-order valence-electron chi connectivity index (χ2n) is 4.50. The van der Waals surface area contributed by atoms with Crippen LogP contribution in [0.25, 0.3) is 0 Å². The third-order valence-corrected chi connectivity index (χ3v) is 4.20. The van der Waals surface area contributed by atoms with E-state index in [4.69, 9.17) is 21.1 Å². The molecule has 0 atom stereocenters. The Labute approximate surface area is 138 Å². The summed E-state index contributed by atoms with van der Waals surface area (Å²) >= 11 is 7.78. The lowest BCUT2D eigenvalue weighted by Gasteiger charge is -2.11. The standard InChI is InChI=1S/C15H18ClN3O2S/c1-5-21-14-12(16)6-11(7-13(14)20-4)8-17-19-15-18-9(2)10(3)22-15/h6-8H,5H2,1-4H3,(H,18,19)/b17-8-. The molecule has 118 valence electrons. The van der Waals surface area contributed by atoms with Crippen LogP contribution < -0.4 is 14.9 Å². The molecule has 7 heteroatoms. The molecule has 1 heterocycles. The first kappa shape index (κ1) is 16.6. The summed E-state index contributed by atoms with van der Waals surface area (Å²) in [4.78, 5) is 5.52. The van der Waals surface area contributed by atoms with Crippen molar-refractivity contribution in [2.24, 2.45) is 5.10 Å². The maximum atomic E-state index is 6.21. The Balaban J connectivity index is 2.15. The van der Waals surface area contributed by atoms with Crippen molar-refractivity contribution in [1.82, 2.24) is 4.98 Å². The first-order chi connectivity index (χ1) is 10.5. The fourth-order valence-electron chi connectivity index (χ4n) is 1.78. The summed E-state index contributed by atoms with van der Waals surface area (Å²) in [5, 5.41) is 5.43. The highest BCUT2D eigenvalue weighted by atomic mass is 35.5. The van der Waals surface area contributed by atoms with Gasteiger partial charge in [0, 0.05) is 4.88 Å². The Morgan fingerprint density at radius 3 is 2.77 bits per heavy atom. The van der Waals surface area contributed by atoms with Crippen LogP contribution in [-0.4, -0.2) is 24.9 Å². The monoisotopic (exact) mass is 339 g/mol. The minimum Gasteiger partial charge on any atom is -0.493 e. The Hall–Kier alpha value is -1.79. The Morgan fingerprint density at radius 1 is 1.41 bits per heavy atom. The van der Waals surface area contributed by atoms with Crippen LogP contribution in [0.1, 0.15) is 23.1 Å². The molecule has 0 amide bonds. The van der Waals surface area contributed by atoms with Gasteiger partial charge in [0.25, 0.3) is 0 Å². The van der Waals surface area contributed by atoms with Gasteiger partial charge in [-0.2, -0.15) is 5.10 Å². The number of hydrogen-bond donors (Lipinski definition) is 1. The number of hydrogen-bond acceptors (Lipinski definition) is 6. The third kappa shape index (κ3) is 3.90. The number of ether oxygens (including phenoxy) is 2. The van der Waals surface area contributed by atoms with Crippen LogP contribution in [0, 0.1) is 13.8 Å². The molecule has 0 unspecified atom stereocenters. The minimum atomic E-state index is 0.489. The second kappa shape index (κ2) is 7.47. The molecule has 0 saturated heterocycles. The van der Waals surface area contributed by atoms with E-state index >= 15 is 0 Å². The first-order valence-corrected chi connectivity index (χ1v) is 7.98. The van der Waals surface area contributed by atoms with Crippen LogP contribution in [0.4, 0.5) is 5.13 Å². The van der Waals surface area contributed by atoms with E-state index in [0.717, 1.165) is 16.4 Å². The van der Waals surface area contributed by atoms with Crippen molar-refractivity contribution in [3.63, 3.8) is 0 Å². The van der Waals surface area contributed by atoms with Crippen LogP contribution in [0.5, 0.6) is 11.5 Å². The van der Waals surface area contributed by atoms with Crippen molar-refractivity contribution in [2.75, 3.05) is 19.1 Å². The van der Waals surface area contributed by atoms with Gasteiger partial charge in [-0.3, -0.25) is 5.43 Å². The number of thiazole rings is 1. The van der Waals surface area contributed by atoms with Crippen molar-refractivity contribution in [1.29, 1.82) is 0 Å². The average Bonchev–Trinajstić information content (AvgIpc) is 2.80. The molecular weight excluding hydrogens is 322 g/mol. The summed E-state index contributed by atoms with van der Waals surface area (Å²) in [7, 11) is 1.58. The summed E-state index contributed by atoms with van der Waals surface area (Å²) < 4.78 is 10.8. The normalized spacial score (nSPS) is 11.0. The number of hydrazone groups is 1.